The summed E-state index contributed by atoms with van der Waals surface area (Å²) >= 11 is 3.68. The molecule has 222 valence electrons. The van der Waals surface area contributed by atoms with Crippen molar-refractivity contribution in [3.8, 4) is 0 Å². The number of oxime groups is 1. The number of nitrogen functional groups attached to an aromatic ring is 2. The first-order valence-electron chi connectivity index (χ1n) is 10.8. The van der Waals surface area contributed by atoms with Crippen LogP contribution in [0.15, 0.2) is 27.0 Å². The summed E-state index contributed by atoms with van der Waals surface area (Å²) in [6.45, 7) is 2.27. The van der Waals surface area contributed by atoms with Crippen LogP contribution in [0.5, 0.6) is 0 Å². The number of carbonyl (C=O) groups is 3. The van der Waals surface area contributed by atoms with Crippen LogP contribution in [0.4, 0.5) is 5.13 Å². The molecule has 2 aromatic rings. The number of fused-ring (bicyclic) bond motifs is 1. The number of hydrogen-bond acceptors (Lipinski definition) is 14. The number of halogens is 3. The first kappa shape index (κ1) is 35.5. The van der Waals surface area contributed by atoms with Gasteiger partial charge >= 0.3 is 5.97 Å². The topological polar surface area (TPSA) is 230 Å². The van der Waals surface area contributed by atoms with Gasteiger partial charge in [0.05, 0.1) is 0 Å². The van der Waals surface area contributed by atoms with E-state index in [1.165, 1.54) is 33.1 Å². The smallest absolute Gasteiger partial charge is 0.352 e. The van der Waals surface area contributed by atoms with Gasteiger partial charge in [0, 0.05) is 16.9 Å². The van der Waals surface area contributed by atoms with Crippen molar-refractivity contribution < 1.29 is 24.3 Å². The third kappa shape index (κ3) is 7.42. The van der Waals surface area contributed by atoms with Crippen LogP contribution in [0, 0.1) is 6.92 Å². The van der Waals surface area contributed by atoms with E-state index in [-0.39, 0.29) is 71.8 Å². The molecular weight excluding hydrogens is 651 g/mol. The van der Waals surface area contributed by atoms with E-state index in [1.807, 2.05) is 0 Å². The summed E-state index contributed by atoms with van der Waals surface area (Å²) in [6.07, 6.45) is 0.528. The van der Waals surface area contributed by atoms with E-state index >= 15 is 0 Å². The molecule has 21 heteroatoms. The third-order valence-electron chi connectivity index (χ3n) is 5.32. The molecule has 1 unspecified atom stereocenters. The van der Waals surface area contributed by atoms with Crippen LogP contribution >= 0.6 is 72.1 Å². The Hall–Kier alpha value is -2.48. The van der Waals surface area contributed by atoms with Gasteiger partial charge in [0.25, 0.3) is 11.8 Å². The van der Waals surface area contributed by atoms with Gasteiger partial charge in [-0.1, -0.05) is 16.9 Å². The lowest BCUT2D eigenvalue weighted by molar-refractivity contribution is -0.150. The monoisotopic (exact) mass is 676 g/mol. The number of aliphatic carboxylic acids is 1. The number of hydrogen-bond donors (Lipinski definition) is 5. The zero-order valence-corrected chi connectivity index (χ0v) is 25.6. The molecule has 0 spiro atoms. The van der Waals surface area contributed by atoms with Crippen LogP contribution in [0.25, 0.3) is 0 Å². The summed E-state index contributed by atoms with van der Waals surface area (Å²) < 4.78 is 1.31. The fourth-order valence-electron chi connectivity index (χ4n) is 3.46. The summed E-state index contributed by atoms with van der Waals surface area (Å²) in [5.74, 6) is 4.47. The third-order valence-corrected chi connectivity index (χ3v) is 8.36. The van der Waals surface area contributed by atoms with Crippen molar-refractivity contribution in [2.24, 2.45) is 10.9 Å². The van der Waals surface area contributed by atoms with E-state index in [0.29, 0.717) is 35.3 Å². The van der Waals surface area contributed by atoms with Crippen LogP contribution < -0.4 is 22.6 Å². The number of carboxylic acid groups (broad SMARTS) is 1. The van der Waals surface area contributed by atoms with Crippen LogP contribution in [0.1, 0.15) is 17.9 Å². The Balaban J connectivity index is 0.00000267. The van der Waals surface area contributed by atoms with Crippen LogP contribution in [-0.2, 0) is 19.2 Å². The molecule has 2 aliphatic rings. The van der Waals surface area contributed by atoms with Gasteiger partial charge < -0.3 is 32.6 Å². The number of β-lactam (4-membered cyclic amide) rings is 1. The molecule has 0 aromatic carbocycles. The summed E-state index contributed by atoms with van der Waals surface area (Å²) in [5, 5.41) is 25.8. The van der Waals surface area contributed by atoms with Gasteiger partial charge in [0.1, 0.15) is 35.2 Å². The molecule has 2 atom stereocenters. The van der Waals surface area contributed by atoms with Gasteiger partial charge in [-0.25, -0.2) is 14.5 Å². The lowest BCUT2D eigenvalue weighted by atomic mass is 10.0. The number of anilines is 1. The highest BCUT2D eigenvalue weighted by atomic mass is 35.5. The van der Waals surface area contributed by atoms with E-state index in [9.17, 15) is 19.5 Å². The van der Waals surface area contributed by atoms with Crippen molar-refractivity contribution in [2.75, 3.05) is 36.2 Å². The number of nitrogens with two attached hydrogens (primary N) is 3. The Morgan fingerprint density at radius 1 is 1.32 bits per heavy atom. The number of aryl methyl sites for hydroxylation is 1. The zero-order chi connectivity index (χ0) is 26.7. The first-order chi connectivity index (χ1) is 17.7. The van der Waals surface area contributed by atoms with Gasteiger partial charge in [-0.05, 0) is 25.5 Å². The summed E-state index contributed by atoms with van der Waals surface area (Å²) in [5.41, 5.74) is 11.6. The molecule has 1 saturated heterocycles. The molecule has 4 heterocycles. The maximum absolute atomic E-state index is 13.1. The van der Waals surface area contributed by atoms with E-state index in [1.54, 1.807) is 12.3 Å². The van der Waals surface area contributed by atoms with Crippen molar-refractivity contribution in [2.45, 2.75) is 29.9 Å². The van der Waals surface area contributed by atoms with Gasteiger partial charge in [-0.15, -0.1) is 70.5 Å². The maximum Gasteiger partial charge on any atom is 0.352 e. The predicted octanol–water partition coefficient (Wildman–Crippen LogP) is 0.205. The predicted molar refractivity (Wildman–Crippen MR) is 160 cm³/mol. The quantitative estimate of drug-likeness (QED) is 0.0535. The molecule has 40 heavy (non-hydrogen) atoms. The van der Waals surface area contributed by atoms with E-state index in [4.69, 9.17) is 22.1 Å². The SMILES string of the molecule is Cc1nnc(SCC2=C(C(=O)O)N3C(=O)C(NC(=O)C(=NOCCCN)c4csc(N)n4)[C@@H]3SC2)n1N.Cl.Cl.Cl. The number of carbonyl (C=O) groups excluding carboxylic acids is 2. The minimum Gasteiger partial charge on any atom is -0.477 e. The molecule has 0 bridgehead atoms. The van der Waals surface area contributed by atoms with E-state index in [2.05, 4.69) is 25.7 Å². The van der Waals surface area contributed by atoms with Crippen molar-refractivity contribution in [1.82, 2.24) is 30.1 Å². The highest BCUT2D eigenvalue weighted by Gasteiger charge is 2.54. The van der Waals surface area contributed by atoms with Gasteiger partial charge in [0.2, 0.25) is 5.16 Å². The lowest BCUT2D eigenvalue weighted by Crippen LogP contribution is -2.71. The summed E-state index contributed by atoms with van der Waals surface area (Å²) in [4.78, 5) is 48.6. The number of nitrogens with zero attached hydrogens (tertiary/aromatic N) is 6. The number of carboxylic acids is 1. The number of rotatable bonds is 11. The van der Waals surface area contributed by atoms with Crippen LogP contribution in [0.3, 0.4) is 0 Å². The number of nitrogens with one attached hydrogen (secondary N) is 1. The Labute approximate surface area is 259 Å². The average molecular weight is 678 g/mol. The number of thiazole rings is 1. The Bertz CT molecular complexity index is 1290. The van der Waals surface area contributed by atoms with Gasteiger partial charge in [-0.2, -0.15) is 0 Å². The fourth-order valence-corrected chi connectivity index (χ4v) is 6.40. The van der Waals surface area contributed by atoms with E-state index < -0.39 is 29.2 Å². The minimum atomic E-state index is -1.24. The first-order valence-corrected chi connectivity index (χ1v) is 13.8. The zero-order valence-electron chi connectivity index (χ0n) is 20.7. The maximum atomic E-state index is 13.1. The minimum absolute atomic E-state index is 0. The lowest BCUT2D eigenvalue weighted by Gasteiger charge is -2.49. The Kier molecular flexibility index (Phi) is 13.8. The van der Waals surface area contributed by atoms with Crippen LogP contribution in [-0.4, -0.2) is 89.4 Å². The Morgan fingerprint density at radius 2 is 2.05 bits per heavy atom. The second-order valence-corrected chi connectivity index (χ2v) is 10.7. The van der Waals surface area contributed by atoms with Crippen molar-refractivity contribution in [3.05, 3.63) is 28.2 Å². The molecular formula is C19H27Cl3N10O5S3. The molecule has 8 N–H and O–H groups in total. The molecule has 2 aliphatic heterocycles. The second-order valence-electron chi connectivity index (χ2n) is 7.79. The molecule has 15 nitrogen and oxygen atoms in total. The molecule has 2 amide bonds. The fraction of sp³-hybridized carbons (Fsp3) is 0.421. The molecule has 0 radical (unpaired) electrons. The van der Waals surface area contributed by atoms with E-state index in [0.717, 1.165) is 11.3 Å². The van der Waals surface area contributed by atoms with Crippen molar-refractivity contribution >= 4 is 101 Å². The summed E-state index contributed by atoms with van der Waals surface area (Å²) in [7, 11) is 0. The molecule has 4 rings (SSSR count). The van der Waals surface area contributed by atoms with Crippen molar-refractivity contribution in [1.29, 1.82) is 0 Å². The highest BCUT2D eigenvalue weighted by molar-refractivity contribution is 8.01. The molecule has 0 aliphatic carbocycles. The standard InChI is InChI=1S/C19H24N10O5S3.3ClH/c1-8-25-26-19(29(8)22)37-6-9-5-35-16-12(15(31)28(16)13(9)17(32)33)24-14(30)11(27-34-4-2-3-20)10-7-36-18(21)23-10;;;/h7,12,16H,2-6,20,22H2,1H3,(H2,21,23)(H,24,30)(H,32,33);3*1H/t12?,16-;;;/m0.../s1. The number of aromatic nitrogens is 4. The second kappa shape index (κ2) is 15.5. The number of amides is 2. The Morgan fingerprint density at radius 3 is 2.62 bits per heavy atom. The molecule has 0 saturated carbocycles. The van der Waals surface area contributed by atoms with Gasteiger partial charge in [0.15, 0.2) is 10.8 Å². The average Bonchev–Trinajstić information content (AvgIpc) is 3.44. The van der Waals surface area contributed by atoms with Crippen molar-refractivity contribution in [3.63, 3.8) is 0 Å². The highest BCUT2D eigenvalue weighted by Crippen LogP contribution is 2.41. The largest absolute Gasteiger partial charge is 0.477 e. The summed E-state index contributed by atoms with van der Waals surface area (Å²) in [6, 6.07) is -0.957. The molecule has 1 fully saturated rings. The normalized spacial score (nSPS) is 18.0. The van der Waals surface area contributed by atoms with Gasteiger partial charge in [-0.3, -0.25) is 14.5 Å². The molecule has 2 aromatic heterocycles. The van der Waals surface area contributed by atoms with Crippen LogP contribution in [0.2, 0.25) is 0 Å². The number of thioether (sulfide) groups is 2.